The summed E-state index contributed by atoms with van der Waals surface area (Å²) in [5.74, 6) is -2.63. The molecule has 1 aliphatic rings. The van der Waals surface area contributed by atoms with Gasteiger partial charge in [-0.2, -0.15) is 0 Å². The largest absolute Gasteiger partial charge is 0.479 e. The van der Waals surface area contributed by atoms with E-state index < -0.39 is 24.1 Å². The maximum atomic E-state index is 10.4. The summed E-state index contributed by atoms with van der Waals surface area (Å²) in [4.78, 5) is 20.8. The number of aliphatic carboxylic acids is 2. The Hall–Kier alpha value is -1.14. The predicted octanol–water partition coefficient (Wildman–Crippen LogP) is -1.06. The second kappa shape index (κ2) is 3.51. The molecule has 1 rings (SSSR count). The Morgan fingerprint density at radius 3 is 1.58 bits per heavy atom. The van der Waals surface area contributed by atoms with E-state index in [4.69, 9.17) is 19.7 Å². The molecule has 0 aromatic heterocycles. The van der Waals surface area contributed by atoms with Crippen molar-refractivity contribution in [3.05, 3.63) is 0 Å². The minimum absolute atomic E-state index is 0.112. The minimum atomic E-state index is -1.39. The number of hydrogen-bond acceptors (Lipinski definition) is 4. The van der Waals surface area contributed by atoms with Gasteiger partial charge in [0.15, 0.2) is 12.2 Å². The van der Waals surface area contributed by atoms with Crippen molar-refractivity contribution in [3.63, 3.8) is 0 Å². The summed E-state index contributed by atoms with van der Waals surface area (Å²) in [5.41, 5.74) is 0. The monoisotopic (exact) mass is 176 g/mol. The summed E-state index contributed by atoms with van der Waals surface area (Å²) < 4.78 is 9.42. The van der Waals surface area contributed by atoms with E-state index in [0.29, 0.717) is 0 Å². The van der Waals surface area contributed by atoms with E-state index in [-0.39, 0.29) is 13.2 Å². The summed E-state index contributed by atoms with van der Waals surface area (Å²) in [7, 11) is 0. The Bertz CT molecular complexity index is 178. The van der Waals surface area contributed by atoms with E-state index in [9.17, 15) is 9.59 Å². The molecule has 0 saturated carbocycles. The molecule has 68 valence electrons. The summed E-state index contributed by atoms with van der Waals surface area (Å²) in [6, 6.07) is 0. The van der Waals surface area contributed by atoms with Gasteiger partial charge in [0.1, 0.15) is 0 Å². The van der Waals surface area contributed by atoms with Crippen molar-refractivity contribution in [3.8, 4) is 0 Å². The van der Waals surface area contributed by atoms with E-state index >= 15 is 0 Å². The molecule has 1 aliphatic heterocycles. The molecule has 0 radical (unpaired) electrons. The van der Waals surface area contributed by atoms with Crippen molar-refractivity contribution in [1.82, 2.24) is 0 Å². The van der Waals surface area contributed by atoms with Gasteiger partial charge in [-0.3, -0.25) is 0 Å². The maximum Gasteiger partial charge on any atom is 0.336 e. The summed E-state index contributed by atoms with van der Waals surface area (Å²) in [5, 5.41) is 17.0. The van der Waals surface area contributed by atoms with Crippen LogP contribution in [-0.2, 0) is 19.1 Å². The highest BCUT2D eigenvalue weighted by molar-refractivity contribution is 5.83. The number of ether oxygens (including phenoxy) is 2. The van der Waals surface area contributed by atoms with Gasteiger partial charge in [-0.1, -0.05) is 0 Å². The first-order valence-corrected chi connectivity index (χ1v) is 3.31. The second-order valence-electron chi connectivity index (χ2n) is 2.26. The zero-order chi connectivity index (χ0) is 9.14. The Morgan fingerprint density at radius 1 is 1.00 bits per heavy atom. The molecule has 12 heavy (non-hydrogen) atoms. The molecular weight excluding hydrogens is 168 g/mol. The molecule has 0 aliphatic carbocycles. The van der Waals surface area contributed by atoms with Crippen LogP contribution >= 0.6 is 0 Å². The van der Waals surface area contributed by atoms with Crippen LogP contribution in [0.1, 0.15) is 0 Å². The highest BCUT2D eigenvalue weighted by Crippen LogP contribution is 2.10. The Kier molecular flexibility index (Phi) is 2.61. The standard InChI is InChI=1S/C6H8O6/c7-5(8)3-4(6(9)10)12-2-1-11-3/h3-4H,1-2H2,(H,7,8)(H,9,10). The highest BCUT2D eigenvalue weighted by Gasteiger charge is 2.38. The van der Waals surface area contributed by atoms with Gasteiger partial charge in [0.25, 0.3) is 0 Å². The van der Waals surface area contributed by atoms with Gasteiger partial charge >= 0.3 is 11.9 Å². The third kappa shape index (κ3) is 1.72. The first-order valence-electron chi connectivity index (χ1n) is 3.31. The van der Waals surface area contributed by atoms with E-state index in [2.05, 4.69) is 0 Å². The molecule has 6 nitrogen and oxygen atoms in total. The molecule has 1 saturated heterocycles. The molecule has 2 atom stereocenters. The van der Waals surface area contributed by atoms with Crippen LogP contribution in [0.4, 0.5) is 0 Å². The predicted molar refractivity (Wildman–Crippen MR) is 34.8 cm³/mol. The number of rotatable bonds is 2. The van der Waals surface area contributed by atoms with Crippen molar-refractivity contribution in [2.75, 3.05) is 13.2 Å². The van der Waals surface area contributed by atoms with Gasteiger partial charge in [0.05, 0.1) is 13.2 Å². The molecule has 2 unspecified atom stereocenters. The van der Waals surface area contributed by atoms with Crippen LogP contribution in [-0.4, -0.2) is 47.6 Å². The molecule has 2 N–H and O–H groups in total. The average Bonchev–Trinajstić information content (AvgIpc) is 2.04. The van der Waals surface area contributed by atoms with Crippen molar-refractivity contribution in [2.24, 2.45) is 0 Å². The maximum absolute atomic E-state index is 10.4. The van der Waals surface area contributed by atoms with Gasteiger partial charge in [-0.05, 0) is 0 Å². The molecule has 1 heterocycles. The summed E-state index contributed by atoms with van der Waals surface area (Å²) in [6.45, 7) is 0.224. The summed E-state index contributed by atoms with van der Waals surface area (Å²) in [6.07, 6.45) is -2.78. The first kappa shape index (κ1) is 8.95. The van der Waals surface area contributed by atoms with Crippen LogP contribution in [0.2, 0.25) is 0 Å². The van der Waals surface area contributed by atoms with Gasteiger partial charge in [0, 0.05) is 0 Å². The number of carboxylic acids is 2. The van der Waals surface area contributed by atoms with Crippen LogP contribution < -0.4 is 0 Å². The van der Waals surface area contributed by atoms with Gasteiger partial charge < -0.3 is 19.7 Å². The fraction of sp³-hybridized carbons (Fsp3) is 0.667. The average molecular weight is 176 g/mol. The molecule has 0 amide bonds. The SMILES string of the molecule is O=C(O)C1OCCOC1C(=O)O. The minimum Gasteiger partial charge on any atom is -0.479 e. The number of carbonyl (C=O) groups is 2. The zero-order valence-electron chi connectivity index (χ0n) is 6.10. The third-order valence-electron chi connectivity index (χ3n) is 1.44. The van der Waals surface area contributed by atoms with Crippen molar-refractivity contribution < 1.29 is 29.3 Å². The Labute approximate surface area is 67.7 Å². The first-order chi connectivity index (χ1) is 5.63. The van der Waals surface area contributed by atoms with E-state index in [1.54, 1.807) is 0 Å². The Balaban J connectivity index is 2.67. The quantitative estimate of drug-likeness (QED) is 0.557. The molecule has 1 fully saturated rings. The van der Waals surface area contributed by atoms with Crippen LogP contribution in [0.3, 0.4) is 0 Å². The lowest BCUT2D eigenvalue weighted by Gasteiger charge is -2.25. The fourth-order valence-corrected chi connectivity index (χ4v) is 0.927. The topological polar surface area (TPSA) is 93.1 Å². The van der Waals surface area contributed by atoms with E-state index in [0.717, 1.165) is 0 Å². The van der Waals surface area contributed by atoms with Crippen molar-refractivity contribution in [2.45, 2.75) is 12.2 Å². The van der Waals surface area contributed by atoms with Crippen molar-refractivity contribution >= 4 is 11.9 Å². The molecule has 6 heteroatoms. The third-order valence-corrected chi connectivity index (χ3v) is 1.44. The van der Waals surface area contributed by atoms with Crippen LogP contribution in [0.15, 0.2) is 0 Å². The van der Waals surface area contributed by atoms with Gasteiger partial charge in [0.2, 0.25) is 0 Å². The Morgan fingerprint density at radius 2 is 1.33 bits per heavy atom. The van der Waals surface area contributed by atoms with E-state index in [1.165, 1.54) is 0 Å². The lowest BCUT2D eigenvalue weighted by atomic mass is 10.2. The lowest BCUT2D eigenvalue weighted by Crippen LogP contribution is -2.48. The van der Waals surface area contributed by atoms with Gasteiger partial charge in [-0.15, -0.1) is 0 Å². The molecule has 0 aromatic carbocycles. The fourth-order valence-electron chi connectivity index (χ4n) is 0.927. The van der Waals surface area contributed by atoms with Crippen LogP contribution in [0.5, 0.6) is 0 Å². The smallest absolute Gasteiger partial charge is 0.336 e. The summed E-state index contributed by atoms with van der Waals surface area (Å²) >= 11 is 0. The van der Waals surface area contributed by atoms with E-state index in [1.807, 2.05) is 0 Å². The molecule has 0 aromatic rings. The highest BCUT2D eigenvalue weighted by atomic mass is 16.6. The molecular formula is C6H8O6. The second-order valence-corrected chi connectivity index (χ2v) is 2.26. The van der Waals surface area contributed by atoms with Gasteiger partial charge in [-0.25, -0.2) is 9.59 Å². The lowest BCUT2D eigenvalue weighted by molar-refractivity contribution is -0.193. The number of hydrogen-bond donors (Lipinski definition) is 2. The van der Waals surface area contributed by atoms with Crippen LogP contribution in [0, 0.1) is 0 Å². The van der Waals surface area contributed by atoms with Crippen LogP contribution in [0.25, 0.3) is 0 Å². The zero-order valence-corrected chi connectivity index (χ0v) is 6.10. The normalized spacial score (nSPS) is 29.7. The van der Waals surface area contributed by atoms with Crippen molar-refractivity contribution in [1.29, 1.82) is 0 Å². The molecule has 0 spiro atoms. The molecule has 0 bridgehead atoms. The number of carboxylic acid groups (broad SMARTS) is 2.